The van der Waals surface area contributed by atoms with Crippen LogP contribution in [0, 0.1) is 6.92 Å². The number of hydrogen-bond donors (Lipinski definition) is 1. The molecule has 4 nitrogen and oxygen atoms in total. The van der Waals surface area contributed by atoms with Gasteiger partial charge in [-0.05, 0) is 31.4 Å². The Morgan fingerprint density at radius 3 is 2.78 bits per heavy atom. The Morgan fingerprint density at radius 2 is 2.06 bits per heavy atom. The van der Waals surface area contributed by atoms with Crippen molar-refractivity contribution in [2.24, 2.45) is 0 Å². The lowest BCUT2D eigenvalue weighted by Crippen LogP contribution is -1.96. The van der Waals surface area contributed by atoms with E-state index >= 15 is 0 Å². The van der Waals surface area contributed by atoms with Crippen molar-refractivity contribution in [3.63, 3.8) is 0 Å². The van der Waals surface area contributed by atoms with Gasteiger partial charge in [0, 0.05) is 11.6 Å². The number of hydrogen-bond acceptors (Lipinski definition) is 4. The maximum absolute atomic E-state index is 5.99. The third-order valence-electron chi connectivity index (χ3n) is 3.68. The standard InChI is InChI=1S/C14H17N3O/c1-9-5-4-8-11(15)12(9)14-16-13(17-18-14)10-6-2-3-7-10/h4-5,8,10H,2-3,6-7,15H2,1H3. The summed E-state index contributed by atoms with van der Waals surface area (Å²) in [6.07, 6.45) is 4.87. The Bertz CT molecular complexity index is 536. The fourth-order valence-corrected chi connectivity index (χ4v) is 2.67. The molecule has 1 aromatic carbocycles. The summed E-state index contributed by atoms with van der Waals surface area (Å²) in [5, 5.41) is 4.12. The lowest BCUT2D eigenvalue weighted by atomic mass is 10.1. The quantitative estimate of drug-likeness (QED) is 0.822. The van der Waals surface area contributed by atoms with Crippen LogP contribution < -0.4 is 5.73 Å². The van der Waals surface area contributed by atoms with Gasteiger partial charge in [-0.15, -0.1) is 0 Å². The van der Waals surface area contributed by atoms with Gasteiger partial charge in [0.25, 0.3) is 5.89 Å². The molecule has 1 heterocycles. The molecule has 1 aliphatic carbocycles. The average molecular weight is 243 g/mol. The van der Waals surface area contributed by atoms with E-state index in [9.17, 15) is 0 Å². The predicted molar refractivity (Wildman–Crippen MR) is 70.1 cm³/mol. The van der Waals surface area contributed by atoms with Crippen LogP contribution in [0.4, 0.5) is 5.69 Å². The smallest absolute Gasteiger partial charge is 0.260 e. The van der Waals surface area contributed by atoms with Crippen LogP contribution in [0.5, 0.6) is 0 Å². The fourth-order valence-electron chi connectivity index (χ4n) is 2.67. The number of nitrogens with two attached hydrogens (primary N) is 1. The lowest BCUT2D eigenvalue weighted by molar-refractivity contribution is 0.415. The fraction of sp³-hybridized carbons (Fsp3) is 0.429. The third kappa shape index (κ3) is 1.88. The van der Waals surface area contributed by atoms with Gasteiger partial charge in [0.1, 0.15) is 0 Å². The van der Waals surface area contributed by atoms with Gasteiger partial charge in [-0.2, -0.15) is 4.98 Å². The van der Waals surface area contributed by atoms with Gasteiger partial charge in [-0.3, -0.25) is 0 Å². The second-order valence-corrected chi connectivity index (χ2v) is 4.98. The van der Waals surface area contributed by atoms with Gasteiger partial charge in [-0.25, -0.2) is 0 Å². The molecule has 18 heavy (non-hydrogen) atoms. The molecular weight excluding hydrogens is 226 g/mol. The minimum atomic E-state index is 0.466. The number of aryl methyl sites for hydroxylation is 1. The maximum atomic E-state index is 5.99. The first-order chi connectivity index (χ1) is 8.75. The van der Waals surface area contributed by atoms with E-state index in [1.807, 2.05) is 25.1 Å². The van der Waals surface area contributed by atoms with Crippen LogP contribution >= 0.6 is 0 Å². The molecule has 0 aliphatic heterocycles. The molecule has 0 atom stereocenters. The number of anilines is 1. The average Bonchev–Trinajstić information content (AvgIpc) is 2.99. The van der Waals surface area contributed by atoms with Gasteiger partial charge in [0.05, 0.1) is 5.56 Å². The Labute approximate surface area is 106 Å². The van der Waals surface area contributed by atoms with Crippen molar-refractivity contribution in [3.8, 4) is 11.5 Å². The minimum Gasteiger partial charge on any atom is -0.398 e. The number of benzene rings is 1. The number of nitrogens with zero attached hydrogens (tertiary/aromatic N) is 2. The summed E-state index contributed by atoms with van der Waals surface area (Å²) in [6.45, 7) is 2.01. The molecule has 1 aliphatic rings. The zero-order valence-corrected chi connectivity index (χ0v) is 10.5. The van der Waals surface area contributed by atoms with Crippen molar-refractivity contribution >= 4 is 5.69 Å². The van der Waals surface area contributed by atoms with Crippen LogP contribution in [0.3, 0.4) is 0 Å². The molecule has 0 bridgehead atoms. The molecule has 2 aromatic rings. The molecule has 1 fully saturated rings. The van der Waals surface area contributed by atoms with Crippen molar-refractivity contribution in [3.05, 3.63) is 29.6 Å². The highest BCUT2D eigenvalue weighted by molar-refractivity contribution is 5.73. The van der Waals surface area contributed by atoms with Gasteiger partial charge in [0.15, 0.2) is 5.82 Å². The van der Waals surface area contributed by atoms with Crippen molar-refractivity contribution in [1.29, 1.82) is 0 Å². The molecule has 3 rings (SSSR count). The van der Waals surface area contributed by atoms with E-state index < -0.39 is 0 Å². The van der Waals surface area contributed by atoms with E-state index in [2.05, 4.69) is 10.1 Å². The van der Waals surface area contributed by atoms with E-state index in [1.54, 1.807) is 0 Å². The zero-order valence-electron chi connectivity index (χ0n) is 10.5. The number of nitrogen functional groups attached to an aromatic ring is 1. The molecule has 1 saturated carbocycles. The first-order valence-electron chi connectivity index (χ1n) is 6.45. The van der Waals surface area contributed by atoms with Crippen LogP contribution in [0.15, 0.2) is 22.7 Å². The molecule has 2 N–H and O–H groups in total. The predicted octanol–water partition coefficient (Wildman–Crippen LogP) is 3.28. The number of rotatable bonds is 2. The van der Waals surface area contributed by atoms with E-state index in [1.165, 1.54) is 25.7 Å². The summed E-state index contributed by atoms with van der Waals surface area (Å²) < 4.78 is 5.38. The van der Waals surface area contributed by atoms with E-state index in [-0.39, 0.29) is 0 Å². The molecule has 1 aromatic heterocycles. The molecule has 0 spiro atoms. The van der Waals surface area contributed by atoms with Crippen molar-refractivity contribution in [1.82, 2.24) is 10.1 Å². The Kier molecular flexibility index (Phi) is 2.78. The highest BCUT2D eigenvalue weighted by atomic mass is 16.5. The van der Waals surface area contributed by atoms with E-state index in [0.717, 1.165) is 17.0 Å². The summed E-state index contributed by atoms with van der Waals surface area (Å²) in [5.74, 6) is 1.85. The minimum absolute atomic E-state index is 0.466. The normalized spacial score (nSPS) is 16.3. The zero-order chi connectivity index (χ0) is 12.5. The Morgan fingerprint density at radius 1 is 1.28 bits per heavy atom. The summed E-state index contributed by atoms with van der Waals surface area (Å²) in [6, 6.07) is 5.80. The van der Waals surface area contributed by atoms with Crippen LogP contribution in [-0.4, -0.2) is 10.1 Å². The van der Waals surface area contributed by atoms with E-state index in [0.29, 0.717) is 17.5 Å². The van der Waals surface area contributed by atoms with Crippen molar-refractivity contribution < 1.29 is 4.52 Å². The molecule has 94 valence electrons. The second-order valence-electron chi connectivity index (χ2n) is 4.98. The first-order valence-corrected chi connectivity index (χ1v) is 6.45. The summed E-state index contributed by atoms with van der Waals surface area (Å²) in [5.41, 5.74) is 8.62. The monoisotopic (exact) mass is 243 g/mol. The molecule has 0 amide bonds. The summed E-state index contributed by atoms with van der Waals surface area (Å²) in [7, 11) is 0. The molecule has 0 saturated heterocycles. The van der Waals surface area contributed by atoms with Crippen molar-refractivity contribution in [2.75, 3.05) is 5.73 Å². The van der Waals surface area contributed by atoms with Crippen molar-refractivity contribution in [2.45, 2.75) is 38.5 Å². The molecule has 0 unspecified atom stereocenters. The highest BCUT2D eigenvalue weighted by Crippen LogP contribution is 2.34. The van der Waals surface area contributed by atoms with Crippen LogP contribution in [0.2, 0.25) is 0 Å². The lowest BCUT2D eigenvalue weighted by Gasteiger charge is -2.04. The second kappa shape index (κ2) is 4.44. The largest absolute Gasteiger partial charge is 0.398 e. The Balaban J connectivity index is 1.97. The van der Waals surface area contributed by atoms with Crippen LogP contribution in [0.1, 0.15) is 43.0 Å². The topological polar surface area (TPSA) is 64.9 Å². The SMILES string of the molecule is Cc1cccc(N)c1-c1nc(C2CCCC2)no1. The summed E-state index contributed by atoms with van der Waals surface area (Å²) in [4.78, 5) is 4.53. The van der Waals surface area contributed by atoms with Gasteiger partial charge in [-0.1, -0.05) is 30.1 Å². The Hall–Kier alpha value is -1.84. The van der Waals surface area contributed by atoms with Gasteiger partial charge < -0.3 is 10.3 Å². The van der Waals surface area contributed by atoms with Gasteiger partial charge in [0.2, 0.25) is 0 Å². The summed E-state index contributed by atoms with van der Waals surface area (Å²) >= 11 is 0. The first kappa shape index (κ1) is 11.3. The number of aromatic nitrogens is 2. The molecular formula is C14H17N3O. The molecule has 0 radical (unpaired) electrons. The van der Waals surface area contributed by atoms with Crippen LogP contribution in [0.25, 0.3) is 11.5 Å². The third-order valence-corrected chi connectivity index (χ3v) is 3.68. The maximum Gasteiger partial charge on any atom is 0.260 e. The van der Waals surface area contributed by atoms with Gasteiger partial charge >= 0.3 is 0 Å². The highest BCUT2D eigenvalue weighted by Gasteiger charge is 2.23. The van der Waals surface area contributed by atoms with Crippen LogP contribution in [-0.2, 0) is 0 Å². The van der Waals surface area contributed by atoms with E-state index in [4.69, 9.17) is 10.3 Å². The molecule has 4 heteroatoms.